The van der Waals surface area contributed by atoms with Crippen LogP contribution in [-0.4, -0.2) is 40.0 Å². The minimum Gasteiger partial charge on any atom is -0.454 e. The van der Waals surface area contributed by atoms with Crippen molar-refractivity contribution in [2.24, 2.45) is 0 Å². The SMILES string of the molecule is CCC[C@@H](C)NC(=O)CCCN(c1ccc2c(c1)OCO2)S(C)(=O)=O. The van der Waals surface area contributed by atoms with Crippen LogP contribution in [0, 0.1) is 0 Å². The van der Waals surface area contributed by atoms with E-state index >= 15 is 0 Å². The van der Waals surface area contributed by atoms with Crippen molar-refractivity contribution < 1.29 is 22.7 Å². The van der Waals surface area contributed by atoms with E-state index in [1.807, 2.05) is 6.92 Å². The van der Waals surface area contributed by atoms with E-state index in [0.717, 1.165) is 19.1 Å². The second-order valence-corrected chi connectivity index (χ2v) is 8.14. The third-order valence-corrected chi connectivity index (χ3v) is 5.13. The highest BCUT2D eigenvalue weighted by molar-refractivity contribution is 7.92. The van der Waals surface area contributed by atoms with Crippen LogP contribution in [0.1, 0.15) is 39.5 Å². The fraction of sp³-hybridized carbons (Fsp3) is 0.588. The molecule has 1 heterocycles. The van der Waals surface area contributed by atoms with E-state index in [1.165, 1.54) is 4.31 Å². The number of carbonyl (C=O) groups is 1. The van der Waals surface area contributed by atoms with Gasteiger partial charge in [0.05, 0.1) is 11.9 Å². The summed E-state index contributed by atoms with van der Waals surface area (Å²) in [4.78, 5) is 11.9. The number of nitrogens with one attached hydrogen (secondary N) is 1. The van der Waals surface area contributed by atoms with E-state index in [-0.39, 0.29) is 31.7 Å². The van der Waals surface area contributed by atoms with E-state index in [0.29, 0.717) is 23.6 Å². The molecule has 0 fully saturated rings. The summed E-state index contributed by atoms with van der Waals surface area (Å²) in [5.74, 6) is 1.07. The molecule has 1 aliphatic heterocycles. The Labute approximate surface area is 149 Å². The first-order valence-electron chi connectivity index (χ1n) is 8.48. The summed E-state index contributed by atoms with van der Waals surface area (Å²) < 4.78 is 36.1. The number of nitrogens with zero attached hydrogens (tertiary/aromatic N) is 1. The van der Waals surface area contributed by atoms with Crippen molar-refractivity contribution in [2.75, 3.05) is 23.9 Å². The molecule has 0 saturated heterocycles. The molecule has 0 unspecified atom stereocenters. The molecule has 7 nitrogen and oxygen atoms in total. The predicted octanol–water partition coefficient (Wildman–Crippen LogP) is 2.27. The van der Waals surface area contributed by atoms with Crippen molar-refractivity contribution in [3.63, 3.8) is 0 Å². The standard InChI is InChI=1S/C17H26N2O5S/c1-4-6-13(2)18-17(20)7-5-10-19(25(3,21)22)14-8-9-15-16(11-14)24-12-23-15/h8-9,11,13H,4-7,10,12H2,1-3H3,(H,18,20)/t13-/m1/s1. The first-order valence-corrected chi connectivity index (χ1v) is 10.3. The maximum atomic E-state index is 12.1. The lowest BCUT2D eigenvalue weighted by atomic mass is 10.2. The number of carbonyl (C=O) groups excluding carboxylic acids is 1. The van der Waals surface area contributed by atoms with E-state index < -0.39 is 10.0 Å². The molecule has 2 rings (SSSR count). The van der Waals surface area contributed by atoms with Gasteiger partial charge in [-0.25, -0.2) is 8.42 Å². The molecule has 0 spiro atoms. The van der Waals surface area contributed by atoms with Gasteiger partial charge in [0.2, 0.25) is 22.7 Å². The molecule has 25 heavy (non-hydrogen) atoms. The lowest BCUT2D eigenvalue weighted by Gasteiger charge is -2.22. The van der Waals surface area contributed by atoms with Crippen LogP contribution in [0.15, 0.2) is 18.2 Å². The second kappa shape index (κ2) is 8.42. The Morgan fingerprint density at radius 2 is 2.04 bits per heavy atom. The number of benzene rings is 1. The van der Waals surface area contributed by atoms with E-state index in [9.17, 15) is 13.2 Å². The Morgan fingerprint density at radius 1 is 1.32 bits per heavy atom. The lowest BCUT2D eigenvalue weighted by molar-refractivity contribution is -0.121. The van der Waals surface area contributed by atoms with Gasteiger partial charge in [0.15, 0.2) is 11.5 Å². The topological polar surface area (TPSA) is 84.9 Å². The number of sulfonamides is 1. The number of amides is 1. The lowest BCUT2D eigenvalue weighted by Crippen LogP contribution is -2.34. The van der Waals surface area contributed by atoms with Crippen LogP contribution in [0.25, 0.3) is 0 Å². The summed E-state index contributed by atoms with van der Waals surface area (Å²) in [6.45, 7) is 4.40. The average Bonchev–Trinajstić information content (AvgIpc) is 2.98. The summed E-state index contributed by atoms with van der Waals surface area (Å²) >= 11 is 0. The van der Waals surface area contributed by atoms with Gasteiger partial charge in [-0.2, -0.15) is 0 Å². The highest BCUT2D eigenvalue weighted by Gasteiger charge is 2.21. The first-order chi connectivity index (χ1) is 11.8. The summed E-state index contributed by atoms with van der Waals surface area (Å²) in [5, 5.41) is 2.92. The number of hydrogen-bond acceptors (Lipinski definition) is 5. The zero-order valence-corrected chi connectivity index (χ0v) is 15.8. The molecule has 1 atom stereocenters. The molecule has 0 saturated carbocycles. The minimum absolute atomic E-state index is 0.0555. The molecule has 8 heteroatoms. The van der Waals surface area contributed by atoms with Crippen LogP contribution in [0.3, 0.4) is 0 Å². The van der Waals surface area contributed by atoms with Crippen LogP contribution in [0.4, 0.5) is 5.69 Å². The fourth-order valence-corrected chi connectivity index (χ4v) is 3.72. The highest BCUT2D eigenvalue weighted by Crippen LogP contribution is 2.36. The van der Waals surface area contributed by atoms with Gasteiger partial charge >= 0.3 is 0 Å². The van der Waals surface area contributed by atoms with Gasteiger partial charge in [0.1, 0.15) is 0 Å². The van der Waals surface area contributed by atoms with E-state index in [1.54, 1.807) is 18.2 Å². The third kappa shape index (κ3) is 5.52. The Balaban J connectivity index is 1.97. The Hall–Kier alpha value is -1.96. The Kier molecular flexibility index (Phi) is 6.52. The van der Waals surface area contributed by atoms with Crippen molar-refractivity contribution >= 4 is 21.6 Å². The van der Waals surface area contributed by atoms with Gasteiger partial charge in [-0.05, 0) is 31.9 Å². The Bertz CT molecular complexity index is 705. The fourth-order valence-electron chi connectivity index (χ4n) is 2.76. The van der Waals surface area contributed by atoms with Crippen LogP contribution in [0.2, 0.25) is 0 Å². The average molecular weight is 370 g/mol. The van der Waals surface area contributed by atoms with E-state index in [4.69, 9.17) is 9.47 Å². The van der Waals surface area contributed by atoms with Crippen LogP contribution in [-0.2, 0) is 14.8 Å². The molecule has 0 aromatic heterocycles. The first kappa shape index (κ1) is 19.4. The van der Waals surface area contributed by atoms with Gasteiger partial charge < -0.3 is 14.8 Å². The molecule has 0 bridgehead atoms. The summed E-state index contributed by atoms with van der Waals surface area (Å²) in [6, 6.07) is 5.15. The molecular weight excluding hydrogens is 344 g/mol. The van der Waals surface area contributed by atoms with Crippen molar-refractivity contribution in [3.8, 4) is 11.5 Å². The number of ether oxygens (including phenoxy) is 2. The number of rotatable bonds is 9. The number of fused-ring (bicyclic) bond motifs is 1. The highest BCUT2D eigenvalue weighted by atomic mass is 32.2. The van der Waals surface area contributed by atoms with Crippen molar-refractivity contribution in [1.82, 2.24) is 5.32 Å². The molecule has 0 radical (unpaired) electrons. The van der Waals surface area contributed by atoms with Gasteiger partial charge in [-0.15, -0.1) is 0 Å². The zero-order valence-electron chi connectivity index (χ0n) is 14.9. The molecule has 1 aromatic carbocycles. The molecule has 1 aromatic rings. The van der Waals surface area contributed by atoms with Gasteiger partial charge in [0, 0.05) is 25.1 Å². The molecule has 1 amide bonds. The minimum atomic E-state index is -3.46. The maximum Gasteiger partial charge on any atom is 0.232 e. The molecular formula is C17H26N2O5S. The molecule has 0 aliphatic carbocycles. The largest absolute Gasteiger partial charge is 0.454 e. The summed E-state index contributed by atoms with van der Waals surface area (Å²) in [7, 11) is -3.46. The molecule has 140 valence electrons. The normalized spacial score (nSPS) is 14.2. The van der Waals surface area contributed by atoms with Crippen molar-refractivity contribution in [3.05, 3.63) is 18.2 Å². The number of hydrogen-bond donors (Lipinski definition) is 1. The van der Waals surface area contributed by atoms with Gasteiger partial charge in [-0.3, -0.25) is 9.10 Å². The smallest absolute Gasteiger partial charge is 0.232 e. The zero-order chi connectivity index (χ0) is 18.4. The quantitative estimate of drug-likeness (QED) is 0.721. The molecule has 1 aliphatic rings. The monoisotopic (exact) mass is 370 g/mol. The second-order valence-electron chi connectivity index (χ2n) is 6.23. The van der Waals surface area contributed by atoms with Crippen LogP contribution < -0.4 is 19.1 Å². The van der Waals surface area contributed by atoms with E-state index in [2.05, 4.69) is 12.2 Å². The molecule has 1 N–H and O–H groups in total. The van der Waals surface area contributed by atoms with Crippen molar-refractivity contribution in [2.45, 2.75) is 45.6 Å². The predicted molar refractivity (Wildman–Crippen MR) is 96.5 cm³/mol. The Morgan fingerprint density at radius 3 is 2.72 bits per heavy atom. The summed E-state index contributed by atoms with van der Waals surface area (Å²) in [5.41, 5.74) is 0.506. The van der Waals surface area contributed by atoms with Crippen LogP contribution >= 0.6 is 0 Å². The van der Waals surface area contributed by atoms with Crippen LogP contribution in [0.5, 0.6) is 11.5 Å². The maximum absolute atomic E-state index is 12.1. The van der Waals surface area contributed by atoms with Gasteiger partial charge in [-0.1, -0.05) is 13.3 Å². The third-order valence-electron chi connectivity index (χ3n) is 3.94. The number of anilines is 1. The van der Waals surface area contributed by atoms with Crippen molar-refractivity contribution in [1.29, 1.82) is 0 Å². The van der Waals surface area contributed by atoms with Gasteiger partial charge in [0.25, 0.3) is 0 Å². The summed E-state index contributed by atoms with van der Waals surface area (Å²) in [6.07, 6.45) is 3.81.